The number of nitrogens with two attached hydrogens (primary N) is 1. The van der Waals surface area contributed by atoms with Crippen molar-refractivity contribution in [1.29, 1.82) is 0 Å². The zero-order chi connectivity index (χ0) is 37.1. The van der Waals surface area contributed by atoms with Crippen molar-refractivity contribution in [3.05, 3.63) is 108 Å². The van der Waals surface area contributed by atoms with Gasteiger partial charge in [0, 0.05) is 12.0 Å². The lowest BCUT2D eigenvalue weighted by Gasteiger charge is -2.33. The molecule has 0 saturated carbocycles. The minimum Gasteiger partial charge on any atom is -0.475 e. The van der Waals surface area contributed by atoms with Crippen LogP contribution >= 0.6 is 0 Å². The van der Waals surface area contributed by atoms with Crippen LogP contribution in [0.1, 0.15) is 66.6 Å². The molecule has 0 bridgehead atoms. The number of hydrogen-bond acceptors (Lipinski definition) is 7. The maximum atomic E-state index is 14.3. The van der Waals surface area contributed by atoms with Crippen molar-refractivity contribution in [1.82, 2.24) is 15.5 Å². The van der Waals surface area contributed by atoms with Gasteiger partial charge in [-0.15, -0.1) is 0 Å². The van der Waals surface area contributed by atoms with E-state index in [-0.39, 0.29) is 24.5 Å². The van der Waals surface area contributed by atoms with E-state index in [1.807, 2.05) is 66.7 Å². The number of carboxylic acid groups (broad SMARTS) is 1. The highest BCUT2D eigenvalue weighted by atomic mass is 19.4. The topological polar surface area (TPSA) is 168 Å². The van der Waals surface area contributed by atoms with E-state index in [1.54, 1.807) is 36.1 Å². The van der Waals surface area contributed by atoms with Crippen LogP contribution in [0, 0.1) is 5.92 Å². The Hall–Kier alpha value is -5.24. The monoisotopic (exact) mass is 710 g/mol. The lowest BCUT2D eigenvalue weighted by atomic mass is 9.93. The summed E-state index contributed by atoms with van der Waals surface area (Å²) in [6, 6.07) is 25.1. The molecule has 0 radical (unpaired) electrons. The standard InChI is InChI=1S/C35H40N4O5.C2HF3O2/c1-2-28(36)32(40)38-31-26(22-44-35(43)25-16-10-5-11-17-25)18-19-27-20-21-29(39(27)34(31)42)33(41)37-30(23-12-6-3-7-13-23)24-14-8-4-9-15-24;3-2(4,5)1(6)7/h3-17,26-31H,2,18-22,36H2,1H3,(H,37,41)(H,38,40);(H,6,7)/t26-,27+,28+,29+,31+;/m1./s1. The molecule has 0 unspecified atom stereocenters. The third-order valence-corrected chi connectivity index (χ3v) is 8.98. The number of rotatable bonds is 10. The molecule has 2 aliphatic rings. The fraction of sp³-hybridized carbons (Fsp3) is 0.378. The molecule has 2 aliphatic heterocycles. The van der Waals surface area contributed by atoms with Gasteiger partial charge in [-0.1, -0.05) is 85.8 Å². The quantitative estimate of drug-likeness (QED) is 0.225. The second kappa shape index (κ2) is 17.6. The van der Waals surface area contributed by atoms with Gasteiger partial charge >= 0.3 is 18.1 Å². The summed E-state index contributed by atoms with van der Waals surface area (Å²) in [5.74, 6) is -4.77. The molecule has 5 atom stereocenters. The summed E-state index contributed by atoms with van der Waals surface area (Å²) in [7, 11) is 0. The molecule has 0 spiro atoms. The average Bonchev–Trinajstić information content (AvgIpc) is 3.52. The van der Waals surface area contributed by atoms with Gasteiger partial charge in [-0.3, -0.25) is 14.4 Å². The second-order valence-corrected chi connectivity index (χ2v) is 12.4. The molecule has 11 nitrogen and oxygen atoms in total. The van der Waals surface area contributed by atoms with Crippen molar-refractivity contribution in [3.63, 3.8) is 0 Å². The molecule has 0 aliphatic carbocycles. The highest BCUT2D eigenvalue weighted by Gasteiger charge is 2.48. The van der Waals surface area contributed by atoms with Crippen molar-refractivity contribution in [2.75, 3.05) is 6.61 Å². The van der Waals surface area contributed by atoms with Crippen LogP contribution in [0.3, 0.4) is 0 Å². The number of benzene rings is 3. The Bertz CT molecular complexity index is 1600. The van der Waals surface area contributed by atoms with E-state index >= 15 is 0 Å². The normalized spacial score (nSPS) is 20.6. The van der Waals surface area contributed by atoms with E-state index < -0.39 is 54.1 Å². The number of hydrogen-bond donors (Lipinski definition) is 4. The van der Waals surface area contributed by atoms with Gasteiger partial charge in [0.2, 0.25) is 17.7 Å². The molecule has 3 aromatic rings. The first-order chi connectivity index (χ1) is 24.3. The summed E-state index contributed by atoms with van der Waals surface area (Å²) >= 11 is 0. The van der Waals surface area contributed by atoms with Crippen LogP contribution in [0.25, 0.3) is 0 Å². The lowest BCUT2D eigenvalue weighted by molar-refractivity contribution is -0.192. The summed E-state index contributed by atoms with van der Waals surface area (Å²) in [4.78, 5) is 64.5. The molecule has 2 saturated heterocycles. The van der Waals surface area contributed by atoms with Crippen LogP contribution < -0.4 is 16.4 Å². The number of carbonyl (C=O) groups is 5. The minimum atomic E-state index is -5.08. The molecule has 0 aromatic heterocycles. The van der Waals surface area contributed by atoms with Gasteiger partial charge in [0.05, 0.1) is 24.3 Å². The van der Waals surface area contributed by atoms with E-state index in [4.69, 9.17) is 20.4 Å². The number of fused-ring (bicyclic) bond motifs is 1. The van der Waals surface area contributed by atoms with Crippen LogP contribution in [0.5, 0.6) is 0 Å². The Morgan fingerprint density at radius 2 is 1.39 bits per heavy atom. The van der Waals surface area contributed by atoms with Crippen molar-refractivity contribution >= 4 is 29.7 Å². The molecule has 14 heteroatoms. The van der Waals surface area contributed by atoms with E-state index in [0.29, 0.717) is 37.7 Å². The fourth-order valence-electron chi connectivity index (χ4n) is 6.23. The summed E-state index contributed by atoms with van der Waals surface area (Å²) in [5, 5.41) is 13.2. The number of nitrogens with one attached hydrogen (secondary N) is 2. The van der Waals surface area contributed by atoms with Gasteiger partial charge in [-0.05, 0) is 55.4 Å². The second-order valence-electron chi connectivity index (χ2n) is 12.4. The van der Waals surface area contributed by atoms with E-state index in [1.165, 1.54) is 0 Å². The molecule has 272 valence electrons. The van der Waals surface area contributed by atoms with Gasteiger partial charge in [0.15, 0.2) is 0 Å². The number of carboxylic acids is 1. The molecule has 51 heavy (non-hydrogen) atoms. The Morgan fingerprint density at radius 1 is 0.882 bits per heavy atom. The minimum absolute atomic E-state index is 0.0483. The summed E-state index contributed by atoms with van der Waals surface area (Å²) in [5.41, 5.74) is 8.30. The van der Waals surface area contributed by atoms with Crippen LogP contribution in [0.15, 0.2) is 91.0 Å². The van der Waals surface area contributed by atoms with E-state index in [9.17, 15) is 32.3 Å². The SMILES string of the molecule is CC[C@H](N)C(=O)N[C@@H]1C(=O)N2[C@@H](CC[C@@H]1COC(=O)c1ccccc1)CC[C@H]2C(=O)NC(c1ccccc1)c1ccccc1.O=C(O)C(F)(F)F. The largest absolute Gasteiger partial charge is 0.490 e. The molecule has 2 fully saturated rings. The summed E-state index contributed by atoms with van der Waals surface area (Å²) < 4.78 is 37.4. The predicted molar refractivity (Wildman–Crippen MR) is 180 cm³/mol. The van der Waals surface area contributed by atoms with Gasteiger partial charge in [-0.2, -0.15) is 13.2 Å². The number of halogens is 3. The zero-order valence-electron chi connectivity index (χ0n) is 27.9. The van der Waals surface area contributed by atoms with Crippen molar-refractivity contribution in [2.45, 2.75) is 75.4 Å². The molecule has 3 aromatic carbocycles. The smallest absolute Gasteiger partial charge is 0.475 e. The Labute approximate surface area is 293 Å². The lowest BCUT2D eigenvalue weighted by Crippen LogP contribution is -2.58. The number of aliphatic carboxylic acids is 1. The van der Waals surface area contributed by atoms with Crippen LogP contribution in [-0.4, -0.2) is 76.6 Å². The van der Waals surface area contributed by atoms with Crippen LogP contribution in [-0.2, 0) is 23.9 Å². The van der Waals surface area contributed by atoms with Crippen molar-refractivity contribution < 1.29 is 47.0 Å². The average molecular weight is 711 g/mol. The van der Waals surface area contributed by atoms with Crippen molar-refractivity contribution in [3.8, 4) is 0 Å². The number of alkyl halides is 3. The highest BCUT2D eigenvalue weighted by molar-refractivity contribution is 5.94. The van der Waals surface area contributed by atoms with Gasteiger partial charge in [0.1, 0.15) is 12.1 Å². The molecule has 3 amide bonds. The maximum Gasteiger partial charge on any atom is 0.490 e. The summed E-state index contributed by atoms with van der Waals surface area (Å²) in [6.07, 6.45) is -2.35. The van der Waals surface area contributed by atoms with Gasteiger partial charge in [0.25, 0.3) is 0 Å². The number of nitrogens with zero attached hydrogens (tertiary/aromatic N) is 1. The Kier molecular flexibility index (Phi) is 13.3. The first-order valence-corrected chi connectivity index (χ1v) is 16.6. The van der Waals surface area contributed by atoms with Crippen LogP contribution in [0.4, 0.5) is 13.2 Å². The van der Waals surface area contributed by atoms with Gasteiger partial charge < -0.3 is 31.1 Å². The van der Waals surface area contributed by atoms with Crippen molar-refractivity contribution in [2.24, 2.45) is 11.7 Å². The van der Waals surface area contributed by atoms with Crippen LogP contribution in [0.2, 0.25) is 0 Å². The Balaban J connectivity index is 0.000000755. The van der Waals surface area contributed by atoms with E-state index in [0.717, 1.165) is 11.1 Å². The predicted octanol–water partition coefficient (Wildman–Crippen LogP) is 4.37. The first kappa shape index (κ1) is 38.6. The molecular formula is C37H41F3N4O7. The zero-order valence-corrected chi connectivity index (χ0v) is 27.9. The molecular weight excluding hydrogens is 669 g/mol. The summed E-state index contributed by atoms with van der Waals surface area (Å²) in [6.45, 7) is 1.75. The third-order valence-electron chi connectivity index (χ3n) is 8.98. The van der Waals surface area contributed by atoms with E-state index in [2.05, 4.69) is 10.6 Å². The molecule has 5 rings (SSSR count). The third kappa shape index (κ3) is 10.2. The Morgan fingerprint density at radius 3 is 1.90 bits per heavy atom. The first-order valence-electron chi connectivity index (χ1n) is 16.6. The number of esters is 1. The number of carbonyl (C=O) groups excluding carboxylic acids is 4. The molecule has 2 heterocycles. The number of amides is 3. The fourth-order valence-corrected chi connectivity index (χ4v) is 6.23. The maximum absolute atomic E-state index is 14.3. The number of ether oxygens (including phenoxy) is 1. The highest BCUT2D eigenvalue weighted by Crippen LogP contribution is 2.35. The van der Waals surface area contributed by atoms with Gasteiger partial charge in [-0.25, -0.2) is 9.59 Å². The molecule has 5 N–H and O–H groups in total.